The predicted octanol–water partition coefficient (Wildman–Crippen LogP) is 7.92. The highest BCUT2D eigenvalue weighted by atomic mass is 19.1. The molecule has 3 aromatic carbocycles. The maximum Gasteiger partial charge on any atom is 0.128 e. The van der Waals surface area contributed by atoms with Gasteiger partial charge in [-0.3, -0.25) is 0 Å². The van der Waals surface area contributed by atoms with Crippen molar-refractivity contribution in [3.05, 3.63) is 71.3 Å². The molecule has 2 heteroatoms. The monoisotopic (exact) mass is 385 g/mol. The first-order chi connectivity index (χ1) is 14.2. The number of hydrogen-bond acceptors (Lipinski definition) is 1. The number of fused-ring (bicyclic) bond motifs is 3. The van der Waals surface area contributed by atoms with Crippen molar-refractivity contribution in [3.63, 3.8) is 0 Å². The van der Waals surface area contributed by atoms with Crippen LogP contribution in [0.15, 0.2) is 54.6 Å². The van der Waals surface area contributed by atoms with Gasteiger partial charge in [0.15, 0.2) is 0 Å². The number of alkyl halides is 1. The Hall–Kier alpha value is -2.66. The average molecular weight is 386 g/mol. The van der Waals surface area contributed by atoms with Crippen LogP contribution in [0.5, 0.6) is 0 Å². The molecular formula is C27H28FN. The third kappa shape index (κ3) is 4.06. The predicted molar refractivity (Wildman–Crippen MR) is 119 cm³/mol. The van der Waals surface area contributed by atoms with Crippen LogP contribution >= 0.6 is 0 Å². The van der Waals surface area contributed by atoms with E-state index in [0.717, 1.165) is 42.4 Å². The molecule has 0 N–H and O–H groups in total. The van der Waals surface area contributed by atoms with E-state index in [1.165, 1.54) is 35.6 Å². The second-order valence-electron chi connectivity index (χ2n) is 8.31. The van der Waals surface area contributed by atoms with Crippen molar-refractivity contribution in [2.45, 2.75) is 58.0 Å². The summed E-state index contributed by atoms with van der Waals surface area (Å²) >= 11 is 0. The van der Waals surface area contributed by atoms with Crippen LogP contribution in [-0.2, 0) is 6.42 Å². The zero-order chi connectivity index (χ0) is 20.2. The third-order valence-electron chi connectivity index (χ3n) is 6.42. The van der Waals surface area contributed by atoms with Crippen LogP contribution < -0.4 is 0 Å². The van der Waals surface area contributed by atoms with E-state index in [1.54, 1.807) is 0 Å². The van der Waals surface area contributed by atoms with Gasteiger partial charge in [-0.2, -0.15) is 5.26 Å². The summed E-state index contributed by atoms with van der Waals surface area (Å²) in [6.07, 6.45) is 6.96. The van der Waals surface area contributed by atoms with Gasteiger partial charge >= 0.3 is 0 Å². The highest BCUT2D eigenvalue weighted by Gasteiger charge is 2.30. The van der Waals surface area contributed by atoms with Crippen LogP contribution in [0.25, 0.3) is 21.9 Å². The molecule has 1 nitrogen and oxygen atoms in total. The minimum atomic E-state index is -0.831. The Morgan fingerprint density at radius 1 is 0.966 bits per heavy atom. The maximum absolute atomic E-state index is 15.3. The minimum Gasteiger partial charge on any atom is -0.242 e. The summed E-state index contributed by atoms with van der Waals surface area (Å²) in [5, 5.41) is 11.3. The molecule has 1 aliphatic carbocycles. The summed E-state index contributed by atoms with van der Waals surface area (Å²) in [5.41, 5.74) is 5.01. The van der Waals surface area contributed by atoms with E-state index in [-0.39, 0.29) is 5.92 Å². The Labute approximate surface area is 173 Å². The summed E-state index contributed by atoms with van der Waals surface area (Å²) in [5.74, 6) is 0.176. The van der Waals surface area contributed by atoms with Crippen LogP contribution in [0.1, 0.15) is 68.3 Å². The number of halogens is 1. The Morgan fingerprint density at radius 2 is 1.76 bits per heavy atom. The van der Waals surface area contributed by atoms with Crippen LogP contribution in [-0.4, -0.2) is 0 Å². The second kappa shape index (κ2) is 8.78. The van der Waals surface area contributed by atoms with E-state index in [1.807, 2.05) is 30.3 Å². The van der Waals surface area contributed by atoms with E-state index in [0.29, 0.717) is 5.56 Å². The first-order valence-electron chi connectivity index (χ1n) is 10.9. The number of nitrogens with zero attached hydrogens (tertiary/aromatic N) is 1. The molecule has 3 aromatic rings. The van der Waals surface area contributed by atoms with E-state index in [2.05, 4.69) is 37.3 Å². The first kappa shape index (κ1) is 19.6. The molecule has 0 radical (unpaired) electrons. The van der Waals surface area contributed by atoms with Gasteiger partial charge in [-0.05, 0) is 76.4 Å². The maximum atomic E-state index is 15.3. The zero-order valence-corrected chi connectivity index (χ0v) is 17.1. The van der Waals surface area contributed by atoms with Crippen LogP contribution in [0.4, 0.5) is 4.39 Å². The molecule has 0 fully saturated rings. The Kier molecular flexibility index (Phi) is 5.95. The molecule has 0 spiro atoms. The van der Waals surface area contributed by atoms with Gasteiger partial charge in [-0.25, -0.2) is 4.39 Å². The van der Waals surface area contributed by atoms with Gasteiger partial charge in [0.25, 0.3) is 0 Å². The summed E-state index contributed by atoms with van der Waals surface area (Å²) in [7, 11) is 0. The van der Waals surface area contributed by atoms with E-state index in [9.17, 15) is 0 Å². The lowest BCUT2D eigenvalue weighted by molar-refractivity contribution is 0.192. The van der Waals surface area contributed by atoms with Gasteiger partial charge in [-0.15, -0.1) is 0 Å². The number of hydrogen-bond donors (Lipinski definition) is 0. The molecule has 2 unspecified atom stereocenters. The molecule has 0 amide bonds. The number of aryl methyl sites for hydroxylation is 1. The fraction of sp³-hybridized carbons (Fsp3) is 0.370. The highest BCUT2D eigenvalue weighted by Crippen LogP contribution is 2.43. The number of unbranched alkanes of at least 4 members (excludes halogenated alkanes) is 3. The van der Waals surface area contributed by atoms with Crippen molar-refractivity contribution in [2.75, 3.05) is 0 Å². The molecule has 0 heterocycles. The van der Waals surface area contributed by atoms with Crippen LogP contribution in [0, 0.1) is 17.2 Å². The summed E-state index contributed by atoms with van der Waals surface area (Å²) in [6.45, 7) is 2.21. The summed E-state index contributed by atoms with van der Waals surface area (Å²) < 4.78 is 15.3. The standard InChI is InChI=1S/C27H28FN/c1-2-3-4-5-6-21-11-15-25-24-14-12-22(20-9-7-19(18-29)8-10-20)17-23(24)13-16-26(25)27(21)28/h7-10,12-14,16-17,21,27H,2-6,11,15H2,1H3. The summed E-state index contributed by atoms with van der Waals surface area (Å²) in [4.78, 5) is 0. The number of benzene rings is 3. The molecule has 0 aliphatic heterocycles. The van der Waals surface area contributed by atoms with E-state index >= 15 is 4.39 Å². The third-order valence-corrected chi connectivity index (χ3v) is 6.42. The molecule has 0 saturated heterocycles. The number of nitriles is 1. The Balaban J connectivity index is 1.59. The minimum absolute atomic E-state index is 0.176. The van der Waals surface area contributed by atoms with Crippen molar-refractivity contribution in [3.8, 4) is 17.2 Å². The smallest absolute Gasteiger partial charge is 0.128 e. The average Bonchev–Trinajstić information content (AvgIpc) is 2.77. The molecule has 148 valence electrons. The molecule has 2 atom stereocenters. The first-order valence-corrected chi connectivity index (χ1v) is 10.9. The molecule has 0 saturated carbocycles. The highest BCUT2D eigenvalue weighted by molar-refractivity contribution is 5.91. The van der Waals surface area contributed by atoms with Gasteiger partial charge < -0.3 is 0 Å². The van der Waals surface area contributed by atoms with E-state index in [4.69, 9.17) is 5.26 Å². The Morgan fingerprint density at radius 3 is 2.52 bits per heavy atom. The van der Waals surface area contributed by atoms with E-state index < -0.39 is 6.17 Å². The molecule has 1 aliphatic rings. The van der Waals surface area contributed by atoms with Crippen molar-refractivity contribution >= 4 is 10.8 Å². The largest absolute Gasteiger partial charge is 0.242 e. The molecule has 29 heavy (non-hydrogen) atoms. The number of rotatable bonds is 6. The van der Waals surface area contributed by atoms with Gasteiger partial charge in [-0.1, -0.05) is 69.0 Å². The molecule has 4 rings (SSSR count). The topological polar surface area (TPSA) is 23.8 Å². The lowest BCUT2D eigenvalue weighted by Crippen LogP contribution is -2.18. The van der Waals surface area contributed by atoms with Gasteiger partial charge in [0.05, 0.1) is 11.6 Å². The molecule has 0 aromatic heterocycles. The van der Waals surface area contributed by atoms with Crippen molar-refractivity contribution in [1.29, 1.82) is 5.26 Å². The van der Waals surface area contributed by atoms with Crippen molar-refractivity contribution < 1.29 is 4.39 Å². The lowest BCUT2D eigenvalue weighted by atomic mass is 9.78. The quantitative estimate of drug-likeness (QED) is 0.395. The lowest BCUT2D eigenvalue weighted by Gasteiger charge is -2.29. The fourth-order valence-electron chi connectivity index (χ4n) is 4.72. The van der Waals surface area contributed by atoms with Crippen molar-refractivity contribution in [1.82, 2.24) is 0 Å². The molecule has 0 bridgehead atoms. The van der Waals surface area contributed by atoms with Gasteiger partial charge in [0.1, 0.15) is 6.17 Å². The summed E-state index contributed by atoms with van der Waals surface area (Å²) in [6, 6.07) is 20.4. The van der Waals surface area contributed by atoms with Gasteiger partial charge in [0.2, 0.25) is 0 Å². The second-order valence-corrected chi connectivity index (χ2v) is 8.31. The molecular weight excluding hydrogens is 357 g/mol. The zero-order valence-electron chi connectivity index (χ0n) is 17.1. The van der Waals surface area contributed by atoms with Crippen LogP contribution in [0.2, 0.25) is 0 Å². The normalized spacial score (nSPS) is 18.4. The Bertz CT molecular complexity index is 1030. The fourth-order valence-corrected chi connectivity index (χ4v) is 4.72. The van der Waals surface area contributed by atoms with Crippen molar-refractivity contribution in [2.24, 2.45) is 5.92 Å². The van der Waals surface area contributed by atoms with Crippen LogP contribution in [0.3, 0.4) is 0 Å². The van der Waals surface area contributed by atoms with Gasteiger partial charge in [0, 0.05) is 0 Å². The SMILES string of the molecule is CCCCCCC1CCc2c(ccc3cc(-c4ccc(C#N)cc4)ccc23)C1F.